The van der Waals surface area contributed by atoms with E-state index in [-0.39, 0.29) is 17.9 Å². The van der Waals surface area contributed by atoms with Gasteiger partial charge in [-0.3, -0.25) is 9.59 Å². The number of amides is 2. The first-order valence-corrected chi connectivity index (χ1v) is 7.27. The Labute approximate surface area is 126 Å². The number of benzene rings is 1. The number of hydrogen-bond donors (Lipinski definition) is 2. The van der Waals surface area contributed by atoms with Gasteiger partial charge in [-0.25, -0.2) is 0 Å². The highest BCUT2D eigenvalue weighted by molar-refractivity contribution is 5.91. The summed E-state index contributed by atoms with van der Waals surface area (Å²) in [7, 11) is 3.47. The first kappa shape index (κ1) is 17.2. The largest absolute Gasteiger partial charge is 0.349 e. The fourth-order valence-corrected chi connectivity index (χ4v) is 1.96. The van der Waals surface area contributed by atoms with Gasteiger partial charge in [-0.2, -0.15) is 0 Å². The molecule has 3 N–H and O–H groups in total. The quantitative estimate of drug-likeness (QED) is 0.804. The van der Waals surface area contributed by atoms with Gasteiger partial charge in [0.15, 0.2) is 0 Å². The summed E-state index contributed by atoms with van der Waals surface area (Å²) in [5.74, 6) is -0.0228. The van der Waals surface area contributed by atoms with Gasteiger partial charge in [-0.15, -0.1) is 0 Å². The van der Waals surface area contributed by atoms with Crippen molar-refractivity contribution in [1.29, 1.82) is 0 Å². The molecule has 1 unspecified atom stereocenters. The van der Waals surface area contributed by atoms with Crippen molar-refractivity contribution in [3.05, 3.63) is 29.8 Å². The van der Waals surface area contributed by atoms with Crippen molar-refractivity contribution in [2.24, 2.45) is 5.73 Å². The second-order valence-corrected chi connectivity index (χ2v) is 5.46. The lowest BCUT2D eigenvalue weighted by Crippen LogP contribution is -2.26. The zero-order valence-corrected chi connectivity index (χ0v) is 13.1. The third-order valence-corrected chi connectivity index (χ3v) is 3.20. The molecule has 21 heavy (non-hydrogen) atoms. The van der Waals surface area contributed by atoms with Crippen molar-refractivity contribution in [1.82, 2.24) is 4.90 Å². The van der Waals surface area contributed by atoms with E-state index in [4.69, 9.17) is 5.73 Å². The minimum absolute atomic E-state index is 0.0531. The number of carbonyl (C=O) groups is 2. The number of carbonyl (C=O) groups excluding carboxylic acids is 2. The standard InChI is InChI=1S/C16H25N3O2/c1-4-5-13(17)11-15(20)18-14-8-6-12(7-9-14)10-16(21)19(2)3/h6-9,13H,4-5,10-11,17H2,1-3H3,(H,18,20). The van der Waals surface area contributed by atoms with Gasteiger partial charge in [0, 0.05) is 32.2 Å². The molecule has 0 fully saturated rings. The number of nitrogens with zero attached hydrogens (tertiary/aromatic N) is 1. The van der Waals surface area contributed by atoms with E-state index < -0.39 is 0 Å². The average molecular weight is 291 g/mol. The maximum absolute atomic E-state index is 11.8. The van der Waals surface area contributed by atoms with Crippen LogP contribution >= 0.6 is 0 Å². The molecule has 0 heterocycles. The Bertz CT molecular complexity index is 469. The predicted molar refractivity (Wildman–Crippen MR) is 85.0 cm³/mol. The summed E-state index contributed by atoms with van der Waals surface area (Å²) < 4.78 is 0. The Kier molecular flexibility index (Phi) is 6.88. The van der Waals surface area contributed by atoms with Crippen LogP contribution < -0.4 is 11.1 Å². The summed E-state index contributed by atoms with van der Waals surface area (Å²) in [5.41, 5.74) is 7.50. The molecule has 116 valence electrons. The van der Waals surface area contributed by atoms with Gasteiger partial charge in [0.25, 0.3) is 0 Å². The summed E-state index contributed by atoms with van der Waals surface area (Å²) in [6.07, 6.45) is 2.51. The smallest absolute Gasteiger partial charge is 0.226 e. The van der Waals surface area contributed by atoms with E-state index in [0.717, 1.165) is 24.1 Å². The molecule has 0 aliphatic carbocycles. The molecule has 0 bridgehead atoms. The maximum atomic E-state index is 11.8. The lowest BCUT2D eigenvalue weighted by Gasteiger charge is -2.12. The molecule has 1 aromatic carbocycles. The maximum Gasteiger partial charge on any atom is 0.226 e. The Hall–Kier alpha value is -1.88. The Balaban J connectivity index is 2.51. The molecule has 5 nitrogen and oxygen atoms in total. The van der Waals surface area contributed by atoms with Crippen molar-refractivity contribution in [2.45, 2.75) is 38.6 Å². The molecule has 0 aliphatic heterocycles. The molecule has 0 aromatic heterocycles. The van der Waals surface area contributed by atoms with Crippen LogP contribution in [0.15, 0.2) is 24.3 Å². The molecule has 0 saturated heterocycles. The van der Waals surface area contributed by atoms with E-state index in [1.165, 1.54) is 0 Å². The fraction of sp³-hybridized carbons (Fsp3) is 0.500. The van der Waals surface area contributed by atoms with E-state index in [9.17, 15) is 9.59 Å². The SMILES string of the molecule is CCCC(N)CC(=O)Nc1ccc(CC(=O)N(C)C)cc1. The van der Waals surface area contributed by atoms with Crippen molar-refractivity contribution in [2.75, 3.05) is 19.4 Å². The van der Waals surface area contributed by atoms with Gasteiger partial charge < -0.3 is 16.0 Å². The molecule has 5 heteroatoms. The minimum atomic E-state index is -0.0908. The van der Waals surface area contributed by atoms with Crippen LogP contribution in [-0.2, 0) is 16.0 Å². The van der Waals surface area contributed by atoms with Gasteiger partial charge >= 0.3 is 0 Å². The summed E-state index contributed by atoms with van der Waals surface area (Å²) in [6.45, 7) is 2.05. The van der Waals surface area contributed by atoms with E-state index in [1.54, 1.807) is 19.0 Å². The number of rotatable bonds is 7. The molecular formula is C16H25N3O2. The third kappa shape index (κ3) is 6.40. The second-order valence-electron chi connectivity index (χ2n) is 5.46. The van der Waals surface area contributed by atoms with Crippen LogP contribution in [0.1, 0.15) is 31.7 Å². The summed E-state index contributed by atoms with van der Waals surface area (Å²) in [4.78, 5) is 25.0. The highest BCUT2D eigenvalue weighted by Gasteiger charge is 2.09. The van der Waals surface area contributed by atoms with Gasteiger partial charge in [0.2, 0.25) is 11.8 Å². The van der Waals surface area contributed by atoms with E-state index in [2.05, 4.69) is 5.32 Å². The second kappa shape index (κ2) is 8.42. The molecular weight excluding hydrogens is 266 g/mol. The molecule has 1 aromatic rings. The van der Waals surface area contributed by atoms with Crippen molar-refractivity contribution in [3.8, 4) is 0 Å². The zero-order valence-electron chi connectivity index (χ0n) is 13.1. The molecule has 1 rings (SSSR count). The molecule has 0 aliphatic rings. The molecule has 0 radical (unpaired) electrons. The fourth-order valence-electron chi connectivity index (χ4n) is 1.96. The van der Waals surface area contributed by atoms with Crippen LogP contribution in [0.2, 0.25) is 0 Å². The van der Waals surface area contributed by atoms with Crippen molar-refractivity contribution in [3.63, 3.8) is 0 Å². The number of nitrogens with one attached hydrogen (secondary N) is 1. The molecule has 0 spiro atoms. The Morgan fingerprint density at radius 2 is 1.86 bits per heavy atom. The lowest BCUT2D eigenvalue weighted by molar-refractivity contribution is -0.128. The number of anilines is 1. The highest BCUT2D eigenvalue weighted by Crippen LogP contribution is 2.11. The lowest BCUT2D eigenvalue weighted by atomic mass is 10.1. The summed E-state index contributed by atoms with van der Waals surface area (Å²) >= 11 is 0. The van der Waals surface area contributed by atoms with Crippen LogP contribution in [-0.4, -0.2) is 36.9 Å². The first-order chi connectivity index (χ1) is 9.92. The number of likely N-dealkylation sites (N-methyl/N-ethyl adjacent to an activating group) is 1. The minimum Gasteiger partial charge on any atom is -0.349 e. The third-order valence-electron chi connectivity index (χ3n) is 3.20. The summed E-state index contributed by atoms with van der Waals surface area (Å²) in [5, 5.41) is 2.82. The molecule has 2 amide bonds. The van der Waals surface area contributed by atoms with E-state index in [0.29, 0.717) is 12.8 Å². The van der Waals surface area contributed by atoms with Crippen molar-refractivity contribution >= 4 is 17.5 Å². The monoisotopic (exact) mass is 291 g/mol. The van der Waals surface area contributed by atoms with Crippen LogP contribution in [0, 0.1) is 0 Å². The van der Waals surface area contributed by atoms with Crippen LogP contribution in [0.25, 0.3) is 0 Å². The van der Waals surface area contributed by atoms with Crippen LogP contribution in [0.3, 0.4) is 0 Å². The zero-order chi connectivity index (χ0) is 15.8. The summed E-state index contributed by atoms with van der Waals surface area (Å²) in [6, 6.07) is 7.22. The molecule has 1 atom stereocenters. The van der Waals surface area contributed by atoms with Crippen LogP contribution in [0.4, 0.5) is 5.69 Å². The number of nitrogens with two attached hydrogens (primary N) is 1. The first-order valence-electron chi connectivity index (χ1n) is 7.27. The highest BCUT2D eigenvalue weighted by atomic mass is 16.2. The van der Waals surface area contributed by atoms with Gasteiger partial charge in [-0.1, -0.05) is 25.5 Å². The topological polar surface area (TPSA) is 75.4 Å². The van der Waals surface area contributed by atoms with Gasteiger partial charge in [-0.05, 0) is 24.1 Å². The van der Waals surface area contributed by atoms with Crippen LogP contribution in [0.5, 0.6) is 0 Å². The Morgan fingerprint density at radius 3 is 2.38 bits per heavy atom. The normalized spacial score (nSPS) is 11.8. The predicted octanol–water partition coefficient (Wildman–Crippen LogP) is 1.77. The number of hydrogen-bond acceptors (Lipinski definition) is 3. The van der Waals surface area contributed by atoms with Gasteiger partial charge in [0.05, 0.1) is 6.42 Å². The Morgan fingerprint density at radius 1 is 1.24 bits per heavy atom. The van der Waals surface area contributed by atoms with E-state index >= 15 is 0 Å². The average Bonchev–Trinajstić information content (AvgIpc) is 2.40. The van der Waals surface area contributed by atoms with Gasteiger partial charge in [0.1, 0.15) is 0 Å². The van der Waals surface area contributed by atoms with Crippen molar-refractivity contribution < 1.29 is 9.59 Å². The van der Waals surface area contributed by atoms with E-state index in [1.807, 2.05) is 31.2 Å². The molecule has 0 saturated carbocycles.